The largest absolute Gasteiger partial charge is 0.491 e. The number of anilines is 2. The lowest BCUT2D eigenvalue weighted by Gasteiger charge is -2.30. The van der Waals surface area contributed by atoms with Gasteiger partial charge in [-0.05, 0) is 19.1 Å². The predicted octanol–water partition coefficient (Wildman–Crippen LogP) is 1.62. The van der Waals surface area contributed by atoms with Crippen LogP contribution in [0, 0.1) is 0 Å². The molecule has 166 valence electrons. The Morgan fingerprint density at radius 2 is 2.16 bits per heavy atom. The number of rotatable bonds is 7. The van der Waals surface area contributed by atoms with Crippen LogP contribution in [0.4, 0.5) is 20.3 Å². The fourth-order valence-corrected chi connectivity index (χ4v) is 3.45. The molecule has 1 aromatic heterocycles. The smallest absolute Gasteiger partial charge is 0.257 e. The van der Waals surface area contributed by atoms with E-state index in [-0.39, 0.29) is 5.82 Å². The summed E-state index contributed by atoms with van der Waals surface area (Å²) in [4.78, 5) is 29.4. The Hall–Kier alpha value is -3.21. The van der Waals surface area contributed by atoms with Gasteiger partial charge in [-0.2, -0.15) is 0 Å². The summed E-state index contributed by atoms with van der Waals surface area (Å²) in [6.07, 6.45) is -1.34. The normalized spacial score (nSPS) is 18.1. The molecular weight excluding hydrogens is 412 g/mol. The number of fused-ring (bicyclic) bond motifs is 3. The van der Waals surface area contributed by atoms with Crippen molar-refractivity contribution < 1.29 is 27.8 Å². The van der Waals surface area contributed by atoms with Gasteiger partial charge in [0, 0.05) is 24.4 Å². The predicted molar refractivity (Wildman–Crippen MR) is 108 cm³/mol. The SMILES string of the molecule is C[C@H](Nc1ccc2c(c1)OCCn1cc(N(CC(F)F)C(=O)C3CCO3)nc1-2)C(N)=O. The second kappa shape index (κ2) is 8.50. The molecule has 31 heavy (non-hydrogen) atoms. The van der Waals surface area contributed by atoms with Gasteiger partial charge in [-0.25, -0.2) is 13.8 Å². The number of benzene rings is 1. The Morgan fingerprint density at radius 1 is 1.39 bits per heavy atom. The quantitative estimate of drug-likeness (QED) is 0.684. The second-order valence-electron chi connectivity index (χ2n) is 7.43. The maximum Gasteiger partial charge on any atom is 0.257 e. The molecule has 4 rings (SSSR count). The van der Waals surface area contributed by atoms with E-state index in [9.17, 15) is 18.4 Å². The van der Waals surface area contributed by atoms with Crippen molar-refractivity contribution in [2.45, 2.75) is 38.5 Å². The first-order chi connectivity index (χ1) is 14.8. The van der Waals surface area contributed by atoms with Crippen molar-refractivity contribution in [1.29, 1.82) is 0 Å². The summed E-state index contributed by atoms with van der Waals surface area (Å²) in [5.74, 6) is 0.157. The van der Waals surface area contributed by atoms with E-state index >= 15 is 0 Å². The number of halogens is 2. The third-order valence-electron chi connectivity index (χ3n) is 5.22. The molecular formula is C20H23F2N5O4. The number of amides is 2. The summed E-state index contributed by atoms with van der Waals surface area (Å²) < 4.78 is 39.1. The number of ether oxygens (including phenoxy) is 2. The van der Waals surface area contributed by atoms with Crippen molar-refractivity contribution in [1.82, 2.24) is 9.55 Å². The molecule has 2 aromatic rings. The van der Waals surface area contributed by atoms with Gasteiger partial charge in [0.05, 0.1) is 25.3 Å². The lowest BCUT2D eigenvalue weighted by molar-refractivity contribution is -0.142. The Kier molecular flexibility index (Phi) is 5.77. The number of nitrogens with one attached hydrogen (secondary N) is 1. The van der Waals surface area contributed by atoms with Gasteiger partial charge in [0.2, 0.25) is 5.91 Å². The van der Waals surface area contributed by atoms with Crippen molar-refractivity contribution in [2.24, 2.45) is 5.73 Å². The van der Waals surface area contributed by atoms with Crippen LogP contribution in [-0.4, -0.2) is 59.7 Å². The average Bonchev–Trinajstić information content (AvgIpc) is 3.00. The highest BCUT2D eigenvalue weighted by atomic mass is 19.3. The first-order valence-electron chi connectivity index (χ1n) is 9.95. The zero-order chi connectivity index (χ0) is 22.1. The van der Waals surface area contributed by atoms with E-state index in [0.29, 0.717) is 49.0 Å². The van der Waals surface area contributed by atoms with Gasteiger partial charge in [-0.3, -0.25) is 14.5 Å². The Morgan fingerprint density at radius 3 is 2.81 bits per heavy atom. The minimum absolute atomic E-state index is 0.146. The molecule has 9 nitrogen and oxygen atoms in total. The van der Waals surface area contributed by atoms with E-state index in [1.807, 2.05) is 0 Å². The van der Waals surface area contributed by atoms with Crippen LogP contribution in [-0.2, 0) is 20.9 Å². The van der Waals surface area contributed by atoms with Gasteiger partial charge in [0.15, 0.2) is 5.82 Å². The number of nitrogens with zero attached hydrogens (tertiary/aromatic N) is 3. The third-order valence-corrected chi connectivity index (χ3v) is 5.22. The van der Waals surface area contributed by atoms with E-state index < -0.39 is 36.9 Å². The van der Waals surface area contributed by atoms with Gasteiger partial charge in [0.25, 0.3) is 12.3 Å². The average molecular weight is 435 g/mol. The van der Waals surface area contributed by atoms with Crippen molar-refractivity contribution in [3.63, 3.8) is 0 Å². The molecule has 1 unspecified atom stereocenters. The topological polar surface area (TPSA) is 112 Å². The third kappa shape index (κ3) is 4.31. The molecule has 1 fully saturated rings. The summed E-state index contributed by atoms with van der Waals surface area (Å²) in [7, 11) is 0. The molecule has 11 heteroatoms. The van der Waals surface area contributed by atoms with E-state index in [0.717, 1.165) is 4.90 Å². The molecule has 0 bridgehead atoms. The van der Waals surface area contributed by atoms with Crippen LogP contribution in [0.5, 0.6) is 5.75 Å². The zero-order valence-electron chi connectivity index (χ0n) is 16.9. The molecule has 0 spiro atoms. The highest BCUT2D eigenvalue weighted by Gasteiger charge is 2.34. The number of hydrogen-bond donors (Lipinski definition) is 2. The number of primary amides is 1. The van der Waals surface area contributed by atoms with E-state index in [1.54, 1.807) is 35.9 Å². The fourth-order valence-electron chi connectivity index (χ4n) is 3.45. The lowest BCUT2D eigenvalue weighted by Crippen LogP contribution is -2.47. The minimum atomic E-state index is -2.71. The van der Waals surface area contributed by atoms with Gasteiger partial charge in [0.1, 0.15) is 30.3 Å². The number of alkyl halides is 2. The van der Waals surface area contributed by atoms with Crippen molar-refractivity contribution in [2.75, 3.05) is 30.0 Å². The summed E-state index contributed by atoms with van der Waals surface area (Å²) in [5.41, 5.74) is 6.58. The van der Waals surface area contributed by atoms with Crippen LogP contribution < -0.4 is 20.7 Å². The van der Waals surface area contributed by atoms with Crippen LogP contribution in [0.25, 0.3) is 11.4 Å². The molecule has 2 atom stereocenters. The summed E-state index contributed by atoms with van der Waals surface area (Å²) in [6.45, 7) is 2.07. The highest BCUT2D eigenvalue weighted by Crippen LogP contribution is 2.36. The van der Waals surface area contributed by atoms with Crippen molar-refractivity contribution in [3.8, 4) is 17.1 Å². The van der Waals surface area contributed by atoms with Crippen LogP contribution >= 0.6 is 0 Å². The molecule has 2 aliphatic rings. The molecule has 0 saturated carbocycles. The van der Waals surface area contributed by atoms with Gasteiger partial charge in [-0.15, -0.1) is 0 Å². The van der Waals surface area contributed by atoms with Gasteiger partial charge in [-0.1, -0.05) is 0 Å². The van der Waals surface area contributed by atoms with Crippen molar-refractivity contribution in [3.05, 3.63) is 24.4 Å². The maximum atomic E-state index is 13.2. The number of nitrogens with two attached hydrogens (primary N) is 1. The highest BCUT2D eigenvalue weighted by molar-refractivity contribution is 5.96. The molecule has 3 N–H and O–H groups in total. The second-order valence-corrected chi connectivity index (χ2v) is 7.43. The zero-order valence-corrected chi connectivity index (χ0v) is 16.9. The minimum Gasteiger partial charge on any atom is -0.491 e. The van der Waals surface area contributed by atoms with Gasteiger partial charge < -0.3 is 25.1 Å². The fraction of sp³-hybridized carbons (Fsp3) is 0.450. The standard InChI is InChI=1S/C20H23F2N5O4/c1-11(18(23)28)24-12-2-3-13-15(8-12)31-7-5-26-10-17(25-19(13)26)27(9-16(21)22)20(29)14-4-6-30-14/h2-3,8,10-11,14,16,24H,4-7,9H2,1H3,(H2,23,28)/t11-,14?/m0/s1. The molecule has 2 amide bonds. The number of imidazole rings is 1. The maximum absolute atomic E-state index is 13.2. The van der Waals surface area contributed by atoms with E-state index in [1.165, 1.54) is 0 Å². The van der Waals surface area contributed by atoms with Crippen LogP contribution in [0.1, 0.15) is 13.3 Å². The van der Waals surface area contributed by atoms with Crippen LogP contribution in [0.3, 0.4) is 0 Å². The molecule has 0 aliphatic carbocycles. The molecule has 1 aromatic carbocycles. The number of carbonyl (C=O) groups is 2. The summed E-state index contributed by atoms with van der Waals surface area (Å²) in [6, 6.07) is 4.66. The van der Waals surface area contributed by atoms with E-state index in [4.69, 9.17) is 15.2 Å². The monoisotopic (exact) mass is 435 g/mol. The molecule has 0 radical (unpaired) electrons. The number of aromatic nitrogens is 2. The lowest BCUT2D eigenvalue weighted by atomic mass is 10.1. The summed E-state index contributed by atoms with van der Waals surface area (Å²) in [5, 5.41) is 2.99. The Balaban J connectivity index is 1.66. The van der Waals surface area contributed by atoms with Crippen molar-refractivity contribution >= 4 is 23.3 Å². The van der Waals surface area contributed by atoms with Crippen LogP contribution in [0.15, 0.2) is 24.4 Å². The molecule has 3 heterocycles. The van der Waals surface area contributed by atoms with Gasteiger partial charge >= 0.3 is 0 Å². The van der Waals surface area contributed by atoms with Crippen LogP contribution in [0.2, 0.25) is 0 Å². The van der Waals surface area contributed by atoms with E-state index in [2.05, 4.69) is 10.3 Å². The Labute approximate surface area is 177 Å². The molecule has 1 saturated heterocycles. The molecule has 2 aliphatic heterocycles. The number of carbonyl (C=O) groups excluding carboxylic acids is 2. The number of hydrogen-bond acceptors (Lipinski definition) is 6. The Bertz CT molecular complexity index is 992. The first-order valence-corrected chi connectivity index (χ1v) is 9.95. The first kappa shape index (κ1) is 21.0. The summed E-state index contributed by atoms with van der Waals surface area (Å²) >= 11 is 0.